The number of hydrogen-bond donors (Lipinski definition) is 3. The quantitative estimate of drug-likeness (QED) is 0.0470. The summed E-state index contributed by atoms with van der Waals surface area (Å²) in [5.74, 6) is 1.07. The highest BCUT2D eigenvalue weighted by atomic mass is 32.2. The minimum absolute atomic E-state index is 0.185. The molecule has 0 amide bonds. The largest absolute Gasteiger partial charge is 0.481 e. The summed E-state index contributed by atoms with van der Waals surface area (Å²) in [6.07, 6.45) is 25.3. The van der Waals surface area contributed by atoms with Gasteiger partial charge in [-0.2, -0.15) is 0 Å². The number of aldehydes is 1. The Hall–Kier alpha value is -3.53. The molecule has 4 rings (SSSR count). The van der Waals surface area contributed by atoms with E-state index in [2.05, 4.69) is 109 Å². The standard InChI is InChI=1S/C22H39N3S.C17H21NO2.C4H7NO.C2H6/c1-6-7-8-9-10-12-17(2)22(19(4)24-26-20-14-15-20)23-18(3)21-13-11-16-25(21)5;1-13-11-15-8-9-18-17(20-3)16(15)12-14(13)7-5-4-6-10-19-2;1-2-5-3-4-6;1-2/h10,12,17,20-24H,3-4,6-9,11,13-16H2,1-2,5H3;5,7-9,11-12H,4,6,10H2,1-3H3;2,4-5H,1,3H2;1-2H3/b12-10-;7-5+;;/t17-,21?,22?;;;/m0.../s1. The summed E-state index contributed by atoms with van der Waals surface area (Å²) in [5, 5.41) is 9.30. The van der Waals surface area contributed by atoms with Crippen LogP contribution in [-0.4, -0.2) is 74.5 Å². The number of ether oxygens (including phenoxy) is 2. The molecule has 3 N–H and O–H groups in total. The van der Waals surface area contributed by atoms with Crippen molar-refractivity contribution in [2.45, 2.75) is 116 Å². The SMILES string of the molecule is C=C(NSC1CC1)C(NC(=C)C1CCCN1C)[C@@H](C)/C=C\CCCCC.C=CNCC=O.CC.COCCC/C=C/c1cc2c(OC)nccc2cc1C. The summed E-state index contributed by atoms with van der Waals surface area (Å²) in [6.45, 7) is 25.0. The number of aromatic nitrogens is 1. The number of rotatable bonds is 22. The second-order valence-electron chi connectivity index (χ2n) is 13.6. The van der Waals surface area contributed by atoms with Crippen LogP contribution >= 0.6 is 11.9 Å². The molecular weight excluding hydrogens is 691 g/mol. The van der Waals surface area contributed by atoms with Gasteiger partial charge in [-0.05, 0) is 125 Å². The first kappa shape index (κ1) is 48.5. The van der Waals surface area contributed by atoms with Gasteiger partial charge in [0.1, 0.15) is 6.29 Å². The number of benzene rings is 1. The number of pyridine rings is 1. The summed E-state index contributed by atoms with van der Waals surface area (Å²) in [6, 6.07) is 6.96. The van der Waals surface area contributed by atoms with Gasteiger partial charge in [0.2, 0.25) is 5.88 Å². The van der Waals surface area contributed by atoms with E-state index in [1.165, 1.54) is 75.2 Å². The minimum atomic E-state index is 0.185. The topological polar surface area (TPSA) is 87.8 Å². The van der Waals surface area contributed by atoms with E-state index in [9.17, 15) is 4.79 Å². The first-order valence-electron chi connectivity index (χ1n) is 20.0. The van der Waals surface area contributed by atoms with Crippen molar-refractivity contribution in [2.75, 3.05) is 41.0 Å². The molecule has 54 heavy (non-hydrogen) atoms. The lowest BCUT2D eigenvalue weighted by atomic mass is 9.97. The number of allylic oxidation sites excluding steroid dienone is 2. The van der Waals surface area contributed by atoms with Gasteiger partial charge in [0.25, 0.3) is 0 Å². The molecule has 2 fully saturated rings. The van der Waals surface area contributed by atoms with Crippen LogP contribution in [0.2, 0.25) is 0 Å². The molecule has 2 heterocycles. The highest BCUT2D eigenvalue weighted by Crippen LogP contribution is 2.33. The van der Waals surface area contributed by atoms with Crippen molar-refractivity contribution in [3.05, 3.63) is 91.1 Å². The monoisotopic (exact) mass is 764 g/mol. The van der Waals surface area contributed by atoms with Crippen LogP contribution in [0.25, 0.3) is 16.8 Å². The van der Waals surface area contributed by atoms with Crippen molar-refractivity contribution in [1.29, 1.82) is 0 Å². The Morgan fingerprint density at radius 3 is 2.44 bits per heavy atom. The Morgan fingerprint density at radius 2 is 1.85 bits per heavy atom. The maximum absolute atomic E-state index is 9.45. The zero-order valence-corrected chi connectivity index (χ0v) is 35.7. The molecule has 9 heteroatoms. The van der Waals surface area contributed by atoms with Crippen molar-refractivity contribution in [2.24, 2.45) is 5.92 Å². The Balaban J connectivity index is 0.000000460. The van der Waals surface area contributed by atoms with Gasteiger partial charge in [-0.3, -0.25) is 4.90 Å². The van der Waals surface area contributed by atoms with Crippen molar-refractivity contribution >= 4 is 35.1 Å². The van der Waals surface area contributed by atoms with Crippen molar-refractivity contribution in [1.82, 2.24) is 25.2 Å². The molecule has 1 aromatic heterocycles. The van der Waals surface area contributed by atoms with Crippen molar-refractivity contribution in [3.63, 3.8) is 0 Å². The predicted molar refractivity (Wildman–Crippen MR) is 236 cm³/mol. The molecule has 0 spiro atoms. The summed E-state index contributed by atoms with van der Waals surface area (Å²) in [7, 11) is 5.59. The number of hydrogen-bond acceptors (Lipinski definition) is 9. The Labute approximate surface area is 333 Å². The third-order valence-corrected chi connectivity index (χ3v) is 10.3. The lowest BCUT2D eigenvalue weighted by Gasteiger charge is -2.31. The van der Waals surface area contributed by atoms with Crippen LogP contribution in [0.4, 0.5) is 0 Å². The summed E-state index contributed by atoms with van der Waals surface area (Å²) in [5.41, 5.74) is 4.69. The number of likely N-dealkylation sites (N-methyl/N-ethyl adjacent to an activating group) is 1. The minimum Gasteiger partial charge on any atom is -0.481 e. The van der Waals surface area contributed by atoms with E-state index in [1.54, 1.807) is 20.4 Å². The van der Waals surface area contributed by atoms with E-state index in [-0.39, 0.29) is 6.04 Å². The zero-order valence-electron chi connectivity index (χ0n) is 34.9. The molecule has 1 saturated carbocycles. The molecule has 2 unspecified atom stereocenters. The van der Waals surface area contributed by atoms with Gasteiger partial charge >= 0.3 is 0 Å². The average Bonchev–Trinajstić information content (AvgIpc) is 3.92. The molecule has 1 saturated heterocycles. The van der Waals surface area contributed by atoms with Crippen molar-refractivity contribution < 1.29 is 14.3 Å². The molecule has 8 nitrogen and oxygen atoms in total. The third-order valence-electron chi connectivity index (χ3n) is 9.13. The van der Waals surface area contributed by atoms with Crippen LogP contribution in [0.15, 0.2) is 80.0 Å². The number of nitrogens with one attached hydrogen (secondary N) is 3. The number of aryl methyl sites for hydroxylation is 1. The van der Waals surface area contributed by atoms with Crippen molar-refractivity contribution in [3.8, 4) is 5.88 Å². The number of unbranched alkanes of at least 4 members (excludes halogenated alkanes) is 4. The molecule has 1 aliphatic heterocycles. The van der Waals surface area contributed by atoms with E-state index in [1.807, 2.05) is 31.9 Å². The van der Waals surface area contributed by atoms with Gasteiger partial charge in [0.05, 0.1) is 19.7 Å². The third kappa shape index (κ3) is 19.2. The van der Waals surface area contributed by atoms with Crippen LogP contribution in [-0.2, 0) is 9.53 Å². The molecule has 0 radical (unpaired) electrons. The average molecular weight is 764 g/mol. The van der Waals surface area contributed by atoms with Crippen LogP contribution in [0.3, 0.4) is 0 Å². The highest BCUT2D eigenvalue weighted by Gasteiger charge is 2.28. The maximum Gasteiger partial charge on any atom is 0.221 e. The van der Waals surface area contributed by atoms with E-state index in [0.717, 1.165) is 53.2 Å². The van der Waals surface area contributed by atoms with E-state index in [4.69, 9.17) is 9.47 Å². The van der Waals surface area contributed by atoms with Gasteiger partial charge in [-0.25, -0.2) is 4.98 Å². The smallest absolute Gasteiger partial charge is 0.221 e. The van der Waals surface area contributed by atoms with Crippen LogP contribution in [0, 0.1) is 12.8 Å². The van der Waals surface area contributed by atoms with E-state index < -0.39 is 0 Å². The van der Waals surface area contributed by atoms with Gasteiger partial charge in [0.15, 0.2) is 0 Å². The lowest BCUT2D eigenvalue weighted by Crippen LogP contribution is -2.43. The molecule has 302 valence electrons. The highest BCUT2D eigenvalue weighted by molar-refractivity contribution is 7.98. The van der Waals surface area contributed by atoms with Gasteiger partial charge in [-0.1, -0.05) is 90.6 Å². The summed E-state index contributed by atoms with van der Waals surface area (Å²) in [4.78, 5) is 16.1. The first-order chi connectivity index (χ1) is 26.2. The Bertz CT molecular complexity index is 1420. The lowest BCUT2D eigenvalue weighted by molar-refractivity contribution is -0.107. The molecule has 3 atom stereocenters. The maximum atomic E-state index is 9.45. The number of likely N-dealkylation sites (tertiary alicyclic amines) is 1. The number of nitrogens with zero attached hydrogens (tertiary/aromatic N) is 2. The molecule has 2 aliphatic rings. The van der Waals surface area contributed by atoms with Gasteiger partial charge in [-0.15, -0.1) is 0 Å². The normalized spacial score (nSPS) is 16.2. The molecular formula is C45H73N5O3S. The fourth-order valence-corrected chi connectivity index (χ4v) is 6.70. The molecule has 1 aromatic carbocycles. The predicted octanol–water partition coefficient (Wildman–Crippen LogP) is 10.2. The van der Waals surface area contributed by atoms with Gasteiger partial charge in [0, 0.05) is 48.0 Å². The number of carbonyl (C=O) groups excluding carboxylic acids is 1. The number of fused-ring (bicyclic) bond motifs is 1. The van der Waals surface area contributed by atoms with Crippen LogP contribution in [0.5, 0.6) is 5.88 Å². The second-order valence-corrected chi connectivity index (χ2v) is 14.7. The molecule has 1 aliphatic carbocycles. The number of methoxy groups -OCH3 is 2. The summed E-state index contributed by atoms with van der Waals surface area (Å²) < 4.78 is 13.9. The first-order valence-corrected chi connectivity index (χ1v) is 20.9. The molecule has 0 bridgehead atoms. The fraction of sp³-hybridized carbons (Fsp3) is 0.556. The fourth-order valence-electron chi connectivity index (χ4n) is 5.88. The Kier molecular flexibility index (Phi) is 26.7. The van der Waals surface area contributed by atoms with Gasteiger partial charge < -0.3 is 29.6 Å². The molecule has 2 aromatic rings. The summed E-state index contributed by atoms with van der Waals surface area (Å²) >= 11 is 1.84. The van der Waals surface area contributed by atoms with Crippen LogP contribution in [0.1, 0.15) is 103 Å². The second kappa shape index (κ2) is 29.8. The number of carbonyl (C=O) groups is 1. The zero-order chi connectivity index (χ0) is 40.1. The van der Waals surface area contributed by atoms with E-state index >= 15 is 0 Å². The Morgan fingerprint density at radius 1 is 1.11 bits per heavy atom. The van der Waals surface area contributed by atoms with Crippen LogP contribution < -0.4 is 20.1 Å². The van der Waals surface area contributed by atoms with E-state index in [0.29, 0.717) is 24.4 Å².